The second-order valence-electron chi connectivity index (χ2n) is 5.25. The molecule has 3 rings (SSSR count). The number of rotatable bonds is 4. The summed E-state index contributed by atoms with van der Waals surface area (Å²) in [5.41, 5.74) is -1.18. The smallest absolute Gasteiger partial charge is 0.349 e. The van der Waals surface area contributed by atoms with Crippen LogP contribution in [0.3, 0.4) is 0 Å². The Balaban J connectivity index is 1.94. The number of aromatic carboxylic acids is 1. The van der Waals surface area contributed by atoms with Gasteiger partial charge in [-0.05, 0) is 29.8 Å². The predicted octanol–water partition coefficient (Wildman–Crippen LogP) is 1.32. The molecule has 26 heavy (non-hydrogen) atoms. The topological polar surface area (TPSA) is 143 Å². The second kappa shape index (κ2) is 6.48. The molecule has 1 N–H and O–H groups in total. The maximum Gasteiger partial charge on any atom is 0.349 e. The van der Waals surface area contributed by atoms with Crippen LogP contribution in [0.15, 0.2) is 57.7 Å². The number of hydrogen-bond acceptors (Lipinski definition) is 7. The van der Waals surface area contributed by atoms with Crippen molar-refractivity contribution in [2.75, 3.05) is 5.32 Å². The minimum atomic E-state index is -1.36. The fraction of sp³-hybridized carbons (Fsp3) is 0. The Bertz CT molecular complexity index is 1100. The number of carboxylic acid groups (broad SMARTS) is 1. The van der Waals surface area contributed by atoms with Crippen molar-refractivity contribution in [3.05, 3.63) is 80.2 Å². The van der Waals surface area contributed by atoms with Crippen molar-refractivity contribution in [1.82, 2.24) is 0 Å². The van der Waals surface area contributed by atoms with Crippen molar-refractivity contribution < 1.29 is 24.0 Å². The molecule has 2 aromatic carbocycles. The van der Waals surface area contributed by atoms with E-state index in [1.54, 1.807) is 0 Å². The minimum absolute atomic E-state index is 0.0690. The molecular weight excluding hydrogens is 344 g/mol. The summed E-state index contributed by atoms with van der Waals surface area (Å²) in [6, 6.07) is 9.96. The zero-order valence-corrected chi connectivity index (χ0v) is 12.9. The van der Waals surface area contributed by atoms with E-state index in [1.165, 1.54) is 48.5 Å². The maximum absolute atomic E-state index is 12.3. The van der Waals surface area contributed by atoms with Crippen molar-refractivity contribution in [2.45, 2.75) is 0 Å². The molecule has 1 aromatic heterocycles. The van der Waals surface area contributed by atoms with Gasteiger partial charge < -0.3 is 19.6 Å². The van der Waals surface area contributed by atoms with Crippen LogP contribution in [0.25, 0.3) is 11.0 Å². The molecular formula is C17H9N2O7-. The summed E-state index contributed by atoms with van der Waals surface area (Å²) in [5.74, 6) is -2.16. The highest BCUT2D eigenvalue weighted by molar-refractivity contribution is 6.05. The number of nitro groups is 1. The highest BCUT2D eigenvalue weighted by Crippen LogP contribution is 2.21. The molecule has 1 amide bonds. The number of hydrogen-bond donors (Lipinski definition) is 1. The Hall–Kier alpha value is -4.01. The molecule has 0 aliphatic rings. The molecule has 0 saturated carbocycles. The molecule has 0 aliphatic carbocycles. The molecule has 0 unspecified atom stereocenters. The Morgan fingerprint density at radius 3 is 2.35 bits per heavy atom. The van der Waals surface area contributed by atoms with E-state index in [1.807, 2.05) is 0 Å². The van der Waals surface area contributed by atoms with Crippen LogP contribution in [-0.4, -0.2) is 16.8 Å². The highest BCUT2D eigenvalue weighted by atomic mass is 16.6. The van der Waals surface area contributed by atoms with Gasteiger partial charge in [0, 0.05) is 23.2 Å². The number of nitrogens with one attached hydrogen (secondary N) is 1. The quantitative estimate of drug-likeness (QED) is 0.423. The van der Waals surface area contributed by atoms with Crippen molar-refractivity contribution in [1.29, 1.82) is 0 Å². The van der Waals surface area contributed by atoms with Crippen LogP contribution < -0.4 is 16.0 Å². The molecule has 9 heteroatoms. The molecule has 0 saturated heterocycles. The lowest BCUT2D eigenvalue weighted by Gasteiger charge is -2.07. The van der Waals surface area contributed by atoms with Gasteiger partial charge in [0.05, 0.1) is 10.9 Å². The van der Waals surface area contributed by atoms with E-state index in [9.17, 15) is 29.6 Å². The number of carboxylic acids is 1. The minimum Gasteiger partial charge on any atom is -0.545 e. The van der Waals surface area contributed by atoms with Crippen LogP contribution in [-0.2, 0) is 0 Å². The third kappa shape index (κ3) is 3.26. The van der Waals surface area contributed by atoms with Crippen LogP contribution in [0, 0.1) is 10.1 Å². The number of benzene rings is 2. The van der Waals surface area contributed by atoms with E-state index >= 15 is 0 Å². The lowest BCUT2D eigenvalue weighted by atomic mass is 10.1. The Morgan fingerprint density at radius 2 is 1.73 bits per heavy atom. The Kier molecular flexibility index (Phi) is 4.19. The first-order chi connectivity index (χ1) is 12.3. The first-order valence-electron chi connectivity index (χ1n) is 7.20. The van der Waals surface area contributed by atoms with Gasteiger partial charge in [-0.1, -0.05) is 12.1 Å². The van der Waals surface area contributed by atoms with Crippen molar-refractivity contribution in [3.63, 3.8) is 0 Å². The lowest BCUT2D eigenvalue weighted by molar-refractivity contribution is -0.384. The molecule has 1 heterocycles. The molecule has 0 radical (unpaired) electrons. The molecule has 0 aliphatic heterocycles. The maximum atomic E-state index is 12.3. The zero-order valence-electron chi connectivity index (χ0n) is 12.9. The molecule has 3 aromatic rings. The van der Waals surface area contributed by atoms with Gasteiger partial charge in [0.2, 0.25) is 0 Å². The van der Waals surface area contributed by atoms with Crippen LogP contribution >= 0.6 is 0 Å². The summed E-state index contributed by atoms with van der Waals surface area (Å²) in [6.45, 7) is 0. The summed E-state index contributed by atoms with van der Waals surface area (Å²) in [5, 5.41) is 24.2. The molecule has 0 bridgehead atoms. The predicted molar refractivity (Wildman–Crippen MR) is 87.9 cm³/mol. The van der Waals surface area contributed by atoms with E-state index in [0.717, 1.165) is 0 Å². The number of nitrogens with zero attached hydrogens (tertiary/aromatic N) is 1. The first-order valence-corrected chi connectivity index (χ1v) is 7.20. The molecule has 0 fully saturated rings. The van der Waals surface area contributed by atoms with Gasteiger partial charge in [0.1, 0.15) is 11.1 Å². The standard InChI is InChI=1S/C17H10N2O7/c20-15(18-11-3-1-9(2-4-11)16(21)22)13-8-10-7-12(19(24)25)5-6-14(10)26-17(13)23/h1-8H,(H,18,20)(H,21,22)/p-1. The number of non-ortho nitro benzene ring substituents is 1. The third-order valence-electron chi connectivity index (χ3n) is 3.55. The van der Waals surface area contributed by atoms with Gasteiger partial charge >= 0.3 is 5.63 Å². The summed E-state index contributed by atoms with van der Waals surface area (Å²) >= 11 is 0. The van der Waals surface area contributed by atoms with E-state index in [0.29, 0.717) is 0 Å². The van der Waals surface area contributed by atoms with Crippen LogP contribution in [0.1, 0.15) is 20.7 Å². The summed E-state index contributed by atoms with van der Waals surface area (Å²) in [7, 11) is 0. The van der Waals surface area contributed by atoms with Crippen molar-refractivity contribution >= 4 is 34.2 Å². The van der Waals surface area contributed by atoms with Gasteiger partial charge in [-0.3, -0.25) is 14.9 Å². The fourth-order valence-corrected chi connectivity index (χ4v) is 2.27. The van der Waals surface area contributed by atoms with Crippen LogP contribution in [0.4, 0.5) is 11.4 Å². The largest absolute Gasteiger partial charge is 0.545 e. The van der Waals surface area contributed by atoms with Crippen LogP contribution in [0.5, 0.6) is 0 Å². The van der Waals surface area contributed by atoms with Gasteiger partial charge in [0.15, 0.2) is 0 Å². The zero-order chi connectivity index (χ0) is 18.8. The number of carbonyl (C=O) groups is 2. The van der Waals surface area contributed by atoms with E-state index in [2.05, 4.69) is 5.32 Å². The monoisotopic (exact) mass is 353 g/mol. The Morgan fingerprint density at radius 1 is 1.04 bits per heavy atom. The molecule has 9 nitrogen and oxygen atoms in total. The average molecular weight is 353 g/mol. The van der Waals surface area contributed by atoms with Gasteiger partial charge in [-0.25, -0.2) is 4.79 Å². The number of amides is 1. The number of fused-ring (bicyclic) bond motifs is 1. The lowest BCUT2D eigenvalue weighted by Crippen LogP contribution is -2.22. The van der Waals surface area contributed by atoms with Crippen LogP contribution in [0.2, 0.25) is 0 Å². The third-order valence-corrected chi connectivity index (χ3v) is 3.55. The molecule has 130 valence electrons. The number of anilines is 1. The average Bonchev–Trinajstić information content (AvgIpc) is 2.61. The number of nitro benzene ring substituents is 1. The van der Waals surface area contributed by atoms with Gasteiger partial charge in [0.25, 0.3) is 11.6 Å². The number of carbonyl (C=O) groups excluding carboxylic acids is 2. The normalized spacial score (nSPS) is 10.5. The highest BCUT2D eigenvalue weighted by Gasteiger charge is 2.16. The summed E-state index contributed by atoms with van der Waals surface area (Å²) < 4.78 is 5.01. The van der Waals surface area contributed by atoms with E-state index < -0.39 is 22.4 Å². The molecule has 0 atom stereocenters. The SMILES string of the molecule is O=C([O-])c1ccc(NC(=O)c2cc3cc([N+](=O)[O-])ccc3oc2=O)cc1. The Labute approximate surface area is 144 Å². The summed E-state index contributed by atoms with van der Waals surface area (Å²) in [6.07, 6.45) is 0. The first kappa shape index (κ1) is 16.8. The van der Waals surface area contributed by atoms with Gasteiger partial charge in [-0.15, -0.1) is 0 Å². The van der Waals surface area contributed by atoms with Crippen molar-refractivity contribution in [3.8, 4) is 0 Å². The molecule has 0 spiro atoms. The van der Waals surface area contributed by atoms with Gasteiger partial charge in [-0.2, -0.15) is 0 Å². The fourth-order valence-electron chi connectivity index (χ4n) is 2.27. The second-order valence-corrected chi connectivity index (χ2v) is 5.25. The van der Waals surface area contributed by atoms with Crippen molar-refractivity contribution in [2.24, 2.45) is 0 Å². The van der Waals surface area contributed by atoms with E-state index in [4.69, 9.17) is 4.42 Å². The van der Waals surface area contributed by atoms with E-state index in [-0.39, 0.29) is 33.5 Å². The summed E-state index contributed by atoms with van der Waals surface area (Å²) in [4.78, 5) is 45.2.